The van der Waals surface area contributed by atoms with Crippen LogP contribution in [0.15, 0.2) is 18.2 Å². The number of benzene rings is 1. The highest BCUT2D eigenvalue weighted by Crippen LogP contribution is 2.24. The van der Waals surface area contributed by atoms with E-state index < -0.39 is 10.2 Å². The van der Waals surface area contributed by atoms with Crippen LogP contribution in [0.5, 0.6) is 0 Å². The van der Waals surface area contributed by atoms with E-state index >= 15 is 0 Å². The second kappa shape index (κ2) is 7.17. The highest BCUT2D eigenvalue weighted by Gasteiger charge is 2.32. The maximum absolute atomic E-state index is 12.4. The van der Waals surface area contributed by atoms with Crippen molar-refractivity contribution < 1.29 is 13.2 Å². The Balaban J connectivity index is 1.96. The van der Waals surface area contributed by atoms with Crippen LogP contribution >= 0.6 is 11.6 Å². The molecular weight excluding hydrogens is 338 g/mol. The van der Waals surface area contributed by atoms with Gasteiger partial charge < -0.3 is 5.32 Å². The highest BCUT2D eigenvalue weighted by atomic mass is 35.5. The molecule has 0 bridgehead atoms. The van der Waals surface area contributed by atoms with Gasteiger partial charge in [-0.2, -0.15) is 17.0 Å². The summed E-state index contributed by atoms with van der Waals surface area (Å²) in [5.41, 5.74) is 1.64. The Morgan fingerprint density at radius 3 is 2.43 bits per heavy atom. The normalized spacial score (nSPS) is 17.4. The number of nitrogens with zero attached hydrogens (tertiary/aromatic N) is 2. The van der Waals surface area contributed by atoms with Gasteiger partial charge in [-0.1, -0.05) is 11.6 Å². The molecule has 0 atom stereocenters. The monoisotopic (exact) mass is 359 g/mol. The molecule has 0 spiro atoms. The molecule has 1 aromatic carbocycles. The van der Waals surface area contributed by atoms with Crippen LogP contribution in [0.1, 0.15) is 18.4 Å². The van der Waals surface area contributed by atoms with Crippen molar-refractivity contribution in [1.82, 2.24) is 8.61 Å². The van der Waals surface area contributed by atoms with Crippen LogP contribution in [0, 0.1) is 12.8 Å². The Bertz CT molecular complexity index is 683. The first-order valence-corrected chi connectivity index (χ1v) is 9.24. The van der Waals surface area contributed by atoms with Gasteiger partial charge in [0.1, 0.15) is 0 Å². The third kappa shape index (κ3) is 4.23. The van der Waals surface area contributed by atoms with Gasteiger partial charge in [-0.3, -0.25) is 4.79 Å². The van der Waals surface area contributed by atoms with Crippen LogP contribution in [0.2, 0.25) is 5.02 Å². The second-order valence-corrected chi connectivity index (χ2v) is 8.49. The smallest absolute Gasteiger partial charge is 0.281 e. The molecule has 1 N–H and O–H groups in total. The number of hydrogen-bond acceptors (Lipinski definition) is 3. The Kier molecular flexibility index (Phi) is 5.67. The predicted octanol–water partition coefficient (Wildman–Crippen LogP) is 2.11. The van der Waals surface area contributed by atoms with Crippen molar-refractivity contribution >= 4 is 33.4 Å². The first-order valence-electron chi connectivity index (χ1n) is 7.46. The number of amides is 1. The second-order valence-electron chi connectivity index (χ2n) is 5.91. The summed E-state index contributed by atoms with van der Waals surface area (Å²) in [7, 11) is -0.376. The van der Waals surface area contributed by atoms with Gasteiger partial charge in [0.2, 0.25) is 5.91 Å². The number of halogens is 1. The average Bonchev–Trinajstić information content (AvgIpc) is 2.50. The summed E-state index contributed by atoms with van der Waals surface area (Å²) in [5, 5.41) is 3.54. The number of anilines is 1. The van der Waals surface area contributed by atoms with Crippen LogP contribution in [0.25, 0.3) is 0 Å². The van der Waals surface area contributed by atoms with E-state index in [1.165, 1.54) is 22.7 Å². The molecule has 1 aromatic rings. The summed E-state index contributed by atoms with van der Waals surface area (Å²) in [6.45, 7) is 2.60. The maximum atomic E-state index is 12.4. The number of aryl methyl sites for hydroxylation is 1. The van der Waals surface area contributed by atoms with Gasteiger partial charge in [-0.25, -0.2) is 0 Å². The summed E-state index contributed by atoms with van der Waals surface area (Å²) in [4.78, 5) is 12.4. The molecule has 1 saturated heterocycles. The van der Waals surface area contributed by atoms with Crippen LogP contribution in [0.4, 0.5) is 5.69 Å². The van der Waals surface area contributed by atoms with Gasteiger partial charge in [-0.15, -0.1) is 0 Å². The summed E-state index contributed by atoms with van der Waals surface area (Å²) in [6, 6.07) is 5.31. The van der Waals surface area contributed by atoms with Crippen LogP contribution in [0.3, 0.4) is 0 Å². The minimum atomic E-state index is -3.40. The fraction of sp³-hybridized carbons (Fsp3) is 0.533. The molecule has 0 unspecified atom stereocenters. The lowest BCUT2D eigenvalue weighted by Gasteiger charge is -2.32. The van der Waals surface area contributed by atoms with E-state index in [2.05, 4.69) is 5.32 Å². The molecule has 1 fully saturated rings. The molecule has 0 saturated carbocycles. The van der Waals surface area contributed by atoms with Crippen LogP contribution in [-0.2, 0) is 15.0 Å². The molecule has 8 heteroatoms. The Morgan fingerprint density at radius 1 is 1.30 bits per heavy atom. The van der Waals surface area contributed by atoms with Crippen molar-refractivity contribution in [2.75, 3.05) is 32.5 Å². The summed E-state index contributed by atoms with van der Waals surface area (Å²) >= 11 is 5.91. The zero-order valence-electron chi connectivity index (χ0n) is 13.5. The fourth-order valence-corrected chi connectivity index (χ4v) is 3.94. The lowest BCUT2D eigenvalue weighted by atomic mass is 9.97. The van der Waals surface area contributed by atoms with E-state index in [-0.39, 0.29) is 11.8 Å². The van der Waals surface area contributed by atoms with Crippen molar-refractivity contribution in [3.63, 3.8) is 0 Å². The Labute approximate surface area is 142 Å². The maximum Gasteiger partial charge on any atom is 0.281 e. The van der Waals surface area contributed by atoms with Gasteiger partial charge in [0, 0.05) is 43.8 Å². The van der Waals surface area contributed by atoms with Crippen LogP contribution < -0.4 is 5.32 Å². The Morgan fingerprint density at radius 2 is 1.91 bits per heavy atom. The molecule has 1 heterocycles. The number of piperidine rings is 1. The summed E-state index contributed by atoms with van der Waals surface area (Å²) in [5.74, 6) is -0.254. The quantitative estimate of drug-likeness (QED) is 0.895. The molecule has 1 aliphatic heterocycles. The first-order chi connectivity index (χ1) is 10.7. The third-order valence-corrected chi connectivity index (χ3v) is 6.23. The van der Waals surface area contributed by atoms with Crippen molar-refractivity contribution in [3.8, 4) is 0 Å². The molecule has 1 amide bonds. The molecule has 1 aliphatic rings. The number of rotatable bonds is 4. The van der Waals surface area contributed by atoms with Gasteiger partial charge in [-0.05, 0) is 43.5 Å². The molecular formula is C15H22ClN3O3S. The van der Waals surface area contributed by atoms with Crippen molar-refractivity contribution in [1.29, 1.82) is 0 Å². The molecule has 0 radical (unpaired) electrons. The van der Waals surface area contributed by atoms with E-state index in [1.54, 1.807) is 18.2 Å². The van der Waals surface area contributed by atoms with Gasteiger partial charge >= 0.3 is 0 Å². The van der Waals surface area contributed by atoms with Crippen molar-refractivity contribution in [3.05, 3.63) is 28.8 Å². The molecule has 0 aliphatic carbocycles. The molecule has 6 nitrogen and oxygen atoms in total. The van der Waals surface area contributed by atoms with E-state index in [1.807, 2.05) is 6.92 Å². The van der Waals surface area contributed by atoms with Gasteiger partial charge in [0.25, 0.3) is 10.2 Å². The summed E-state index contributed by atoms with van der Waals surface area (Å²) < 4.78 is 26.8. The van der Waals surface area contributed by atoms with Gasteiger partial charge in [0.05, 0.1) is 0 Å². The number of carbonyl (C=O) groups excluding carboxylic acids is 1. The summed E-state index contributed by atoms with van der Waals surface area (Å²) in [6.07, 6.45) is 1.04. The third-order valence-electron chi connectivity index (χ3n) is 4.06. The van der Waals surface area contributed by atoms with Crippen LogP contribution in [-0.4, -0.2) is 50.1 Å². The number of nitrogens with one attached hydrogen (secondary N) is 1. The SMILES string of the molecule is Cc1cc(Cl)ccc1NC(=O)C1CCN(S(=O)(=O)N(C)C)CC1. The highest BCUT2D eigenvalue weighted by molar-refractivity contribution is 7.86. The Hall–Kier alpha value is -1.15. The standard InChI is InChI=1S/C15H22ClN3O3S/c1-11-10-13(16)4-5-14(11)17-15(20)12-6-8-19(9-7-12)23(21,22)18(2)3/h4-5,10,12H,6-9H2,1-3H3,(H,17,20). The lowest BCUT2D eigenvalue weighted by Crippen LogP contribution is -2.46. The zero-order valence-corrected chi connectivity index (χ0v) is 15.1. The predicted molar refractivity (Wildman–Crippen MR) is 91.7 cm³/mol. The lowest BCUT2D eigenvalue weighted by molar-refractivity contribution is -0.120. The van der Waals surface area contributed by atoms with Crippen molar-refractivity contribution in [2.24, 2.45) is 5.92 Å². The average molecular weight is 360 g/mol. The topological polar surface area (TPSA) is 69.7 Å². The molecule has 23 heavy (non-hydrogen) atoms. The van der Waals surface area contributed by atoms with E-state index in [0.717, 1.165) is 11.3 Å². The largest absolute Gasteiger partial charge is 0.326 e. The van der Waals surface area contributed by atoms with Gasteiger partial charge in [0.15, 0.2) is 0 Å². The number of hydrogen-bond donors (Lipinski definition) is 1. The van der Waals surface area contributed by atoms with E-state index in [0.29, 0.717) is 31.0 Å². The first kappa shape index (κ1) is 18.2. The van der Waals surface area contributed by atoms with E-state index in [9.17, 15) is 13.2 Å². The number of carbonyl (C=O) groups is 1. The minimum absolute atomic E-state index is 0.0719. The van der Waals surface area contributed by atoms with E-state index in [4.69, 9.17) is 11.6 Å². The molecule has 128 valence electrons. The molecule has 0 aromatic heterocycles. The minimum Gasteiger partial charge on any atom is -0.326 e. The zero-order chi connectivity index (χ0) is 17.2. The molecule has 2 rings (SSSR count). The fourth-order valence-electron chi connectivity index (χ4n) is 2.58. The van der Waals surface area contributed by atoms with Crippen molar-refractivity contribution in [2.45, 2.75) is 19.8 Å².